The zero-order chi connectivity index (χ0) is 15.5. The number of halogens is 1. The van der Waals surface area contributed by atoms with Gasteiger partial charge in [-0.15, -0.1) is 0 Å². The summed E-state index contributed by atoms with van der Waals surface area (Å²) in [6.45, 7) is 0.225. The summed E-state index contributed by atoms with van der Waals surface area (Å²) in [4.78, 5) is 11.9. The zero-order valence-corrected chi connectivity index (χ0v) is 13.6. The van der Waals surface area contributed by atoms with Crippen LogP contribution in [0.4, 0.5) is 0 Å². The second-order valence-corrected chi connectivity index (χ2v) is 5.72. The van der Waals surface area contributed by atoms with E-state index in [9.17, 15) is 4.79 Å². The van der Waals surface area contributed by atoms with E-state index in [1.54, 1.807) is 16.7 Å². The second-order valence-electron chi connectivity index (χ2n) is 4.42. The third-order valence-corrected chi connectivity index (χ3v) is 3.78. The van der Waals surface area contributed by atoms with Crippen LogP contribution in [0.1, 0.15) is 16.4 Å². The number of amides is 1. The van der Waals surface area contributed by atoms with Crippen LogP contribution >= 0.6 is 28.1 Å². The van der Waals surface area contributed by atoms with Gasteiger partial charge in [-0.3, -0.25) is 14.5 Å². The number of hydrogen-bond donors (Lipinski definition) is 2. The topological polar surface area (TPSA) is 75.8 Å². The number of hydrogen-bond acceptors (Lipinski definition) is 4. The van der Waals surface area contributed by atoms with E-state index < -0.39 is 0 Å². The lowest BCUT2D eigenvalue weighted by molar-refractivity contribution is 0.0922. The molecule has 1 aromatic carbocycles. The van der Waals surface area contributed by atoms with Gasteiger partial charge in [-0.25, -0.2) is 0 Å². The van der Waals surface area contributed by atoms with Crippen LogP contribution in [0.2, 0.25) is 0 Å². The Morgan fingerprint density at radius 2 is 2.14 bits per heavy atom. The summed E-state index contributed by atoms with van der Waals surface area (Å²) in [6, 6.07) is 10.9. The van der Waals surface area contributed by atoms with Gasteiger partial charge >= 0.3 is 0 Å². The summed E-state index contributed by atoms with van der Waals surface area (Å²) in [6.07, 6.45) is 1.45. The number of H-pyrrole nitrogens is 1. The Morgan fingerprint density at radius 1 is 1.36 bits per heavy atom. The molecule has 0 spiro atoms. The van der Waals surface area contributed by atoms with Gasteiger partial charge in [-0.1, -0.05) is 15.9 Å². The highest BCUT2D eigenvalue weighted by atomic mass is 79.9. The molecule has 0 aliphatic rings. The highest BCUT2D eigenvalue weighted by molar-refractivity contribution is 9.10. The van der Waals surface area contributed by atoms with Crippen molar-refractivity contribution < 1.29 is 9.21 Å². The lowest BCUT2D eigenvalue weighted by Crippen LogP contribution is -2.24. The van der Waals surface area contributed by atoms with Crippen molar-refractivity contribution in [1.82, 2.24) is 20.1 Å². The molecule has 0 radical (unpaired) electrons. The number of aromatic nitrogens is 3. The maximum absolute atomic E-state index is 11.9. The van der Waals surface area contributed by atoms with Crippen LogP contribution < -0.4 is 5.32 Å². The normalized spacial score (nSPS) is 10.6. The molecule has 1 amide bonds. The molecule has 0 unspecified atom stereocenters. The SMILES string of the molecule is O=C(NCc1n[nH]c(=S)n1-c1ccc(Br)cc1)c1ccco1. The number of carbonyl (C=O) groups excluding carboxylic acids is 1. The molecule has 22 heavy (non-hydrogen) atoms. The highest BCUT2D eigenvalue weighted by Crippen LogP contribution is 2.15. The number of benzene rings is 1. The molecule has 0 aliphatic heterocycles. The molecule has 6 nitrogen and oxygen atoms in total. The van der Waals surface area contributed by atoms with E-state index in [4.69, 9.17) is 16.6 Å². The summed E-state index contributed by atoms with van der Waals surface area (Å²) in [7, 11) is 0. The minimum atomic E-state index is -0.304. The van der Waals surface area contributed by atoms with E-state index in [1.807, 2.05) is 24.3 Å². The fraction of sp³-hybridized carbons (Fsp3) is 0.0714. The van der Waals surface area contributed by atoms with E-state index in [1.165, 1.54) is 6.26 Å². The monoisotopic (exact) mass is 378 g/mol. The Morgan fingerprint density at radius 3 is 2.82 bits per heavy atom. The van der Waals surface area contributed by atoms with Crippen LogP contribution in [0.15, 0.2) is 51.6 Å². The summed E-state index contributed by atoms with van der Waals surface area (Å²) >= 11 is 8.64. The molecule has 112 valence electrons. The van der Waals surface area contributed by atoms with Gasteiger partial charge in [0.1, 0.15) is 0 Å². The maximum Gasteiger partial charge on any atom is 0.287 e. The Kier molecular flexibility index (Phi) is 4.21. The molecular weight excluding hydrogens is 368 g/mol. The first-order chi connectivity index (χ1) is 10.6. The number of nitrogens with one attached hydrogen (secondary N) is 2. The van der Waals surface area contributed by atoms with Crippen LogP contribution in [0.25, 0.3) is 5.69 Å². The van der Waals surface area contributed by atoms with Gasteiger partial charge < -0.3 is 9.73 Å². The fourth-order valence-electron chi connectivity index (χ4n) is 1.96. The number of furan rings is 1. The molecule has 2 aromatic heterocycles. The molecule has 0 fully saturated rings. The largest absolute Gasteiger partial charge is 0.459 e. The molecule has 3 aromatic rings. The summed E-state index contributed by atoms with van der Waals surface area (Å²) in [5, 5.41) is 9.64. The van der Waals surface area contributed by atoms with Crippen molar-refractivity contribution in [1.29, 1.82) is 0 Å². The average Bonchev–Trinajstić information content (AvgIpc) is 3.16. The quantitative estimate of drug-likeness (QED) is 0.683. The lowest BCUT2D eigenvalue weighted by Gasteiger charge is -2.07. The van der Waals surface area contributed by atoms with Gasteiger partial charge in [0.05, 0.1) is 12.8 Å². The number of rotatable bonds is 4. The molecule has 0 atom stereocenters. The minimum absolute atomic E-state index is 0.225. The minimum Gasteiger partial charge on any atom is -0.459 e. The molecule has 2 heterocycles. The Hall–Kier alpha value is -2.19. The first-order valence-corrected chi connectivity index (χ1v) is 7.59. The fourth-order valence-corrected chi connectivity index (χ4v) is 2.48. The second kappa shape index (κ2) is 6.29. The van der Waals surface area contributed by atoms with Crippen LogP contribution in [0.3, 0.4) is 0 Å². The molecule has 0 saturated heterocycles. The maximum atomic E-state index is 11.9. The van der Waals surface area contributed by atoms with Crippen LogP contribution in [0.5, 0.6) is 0 Å². The molecule has 0 saturated carbocycles. The smallest absolute Gasteiger partial charge is 0.287 e. The van der Waals surface area contributed by atoms with Crippen molar-refractivity contribution in [3.63, 3.8) is 0 Å². The average molecular weight is 379 g/mol. The van der Waals surface area contributed by atoms with Crippen LogP contribution in [0, 0.1) is 4.77 Å². The van der Waals surface area contributed by atoms with Gasteiger partial charge in [-0.2, -0.15) is 5.10 Å². The van der Waals surface area contributed by atoms with E-state index >= 15 is 0 Å². The Bertz CT molecular complexity index is 837. The summed E-state index contributed by atoms with van der Waals surface area (Å²) in [5.74, 6) is 0.554. The van der Waals surface area contributed by atoms with E-state index in [0.29, 0.717) is 10.6 Å². The standard InChI is InChI=1S/C14H11BrN4O2S/c15-9-3-5-10(6-4-9)19-12(17-18-14(19)22)8-16-13(20)11-2-1-7-21-11/h1-7H,8H2,(H,16,20)(H,18,22). The van der Waals surface area contributed by atoms with E-state index in [-0.39, 0.29) is 18.2 Å². The van der Waals surface area contributed by atoms with E-state index in [0.717, 1.165) is 10.2 Å². The lowest BCUT2D eigenvalue weighted by atomic mass is 10.3. The Labute approximate surface area is 139 Å². The first kappa shape index (κ1) is 14.7. The van der Waals surface area contributed by atoms with Crippen molar-refractivity contribution in [2.45, 2.75) is 6.54 Å². The van der Waals surface area contributed by atoms with Crippen molar-refractivity contribution in [3.8, 4) is 5.69 Å². The van der Waals surface area contributed by atoms with Crippen molar-refractivity contribution in [3.05, 3.63) is 63.5 Å². The Balaban J connectivity index is 1.82. The van der Waals surface area contributed by atoms with Crippen LogP contribution in [-0.4, -0.2) is 20.7 Å². The predicted octanol–water partition coefficient (Wildman–Crippen LogP) is 3.22. The van der Waals surface area contributed by atoms with Gasteiger partial charge in [-0.05, 0) is 48.6 Å². The molecular formula is C14H11BrN4O2S. The van der Waals surface area contributed by atoms with Crippen molar-refractivity contribution in [2.75, 3.05) is 0 Å². The first-order valence-electron chi connectivity index (χ1n) is 6.39. The number of nitrogens with zero attached hydrogens (tertiary/aromatic N) is 2. The van der Waals surface area contributed by atoms with Gasteiger partial charge in [0.25, 0.3) is 5.91 Å². The molecule has 0 aliphatic carbocycles. The third-order valence-electron chi connectivity index (χ3n) is 2.98. The third kappa shape index (κ3) is 3.02. The number of carbonyl (C=O) groups is 1. The molecule has 2 N–H and O–H groups in total. The highest BCUT2D eigenvalue weighted by Gasteiger charge is 2.12. The van der Waals surface area contributed by atoms with Crippen molar-refractivity contribution >= 4 is 34.1 Å². The summed E-state index contributed by atoms with van der Waals surface area (Å²) in [5.41, 5.74) is 0.865. The van der Waals surface area contributed by atoms with E-state index in [2.05, 4.69) is 31.4 Å². The molecule has 3 rings (SSSR count). The molecule has 0 bridgehead atoms. The van der Waals surface area contributed by atoms with Crippen molar-refractivity contribution in [2.24, 2.45) is 0 Å². The summed E-state index contributed by atoms with van der Waals surface area (Å²) < 4.78 is 8.25. The van der Waals surface area contributed by atoms with Gasteiger partial charge in [0.15, 0.2) is 16.4 Å². The van der Waals surface area contributed by atoms with Gasteiger partial charge in [0, 0.05) is 10.2 Å². The predicted molar refractivity (Wildman–Crippen MR) is 86.3 cm³/mol. The van der Waals surface area contributed by atoms with Crippen LogP contribution in [-0.2, 0) is 6.54 Å². The van der Waals surface area contributed by atoms with Gasteiger partial charge in [0.2, 0.25) is 0 Å². The zero-order valence-electron chi connectivity index (χ0n) is 11.2. The number of aromatic amines is 1. The molecule has 8 heteroatoms.